The number of hydrogen-bond donors (Lipinski definition) is 1. The summed E-state index contributed by atoms with van der Waals surface area (Å²) in [5.74, 6) is 0.908. The SMILES string of the molecule is CNCCC1CCN(C(=O)c2sc(-c3cccs3)nc2C)CC1.Cl.Cl. The average molecular weight is 422 g/mol. The smallest absolute Gasteiger partial charge is 0.265 e. The molecule has 0 spiro atoms. The van der Waals surface area contributed by atoms with Crippen LogP contribution in [0.15, 0.2) is 17.5 Å². The highest BCUT2D eigenvalue weighted by Crippen LogP contribution is 2.32. The number of piperidine rings is 1. The highest BCUT2D eigenvalue weighted by molar-refractivity contribution is 7.22. The molecule has 1 aliphatic rings. The van der Waals surface area contributed by atoms with Crippen LogP contribution in [0.3, 0.4) is 0 Å². The molecule has 1 fully saturated rings. The molecule has 25 heavy (non-hydrogen) atoms. The van der Waals surface area contributed by atoms with Gasteiger partial charge in [-0.3, -0.25) is 4.79 Å². The fourth-order valence-electron chi connectivity index (χ4n) is 3.02. The molecular weight excluding hydrogens is 397 g/mol. The van der Waals surface area contributed by atoms with E-state index in [9.17, 15) is 4.79 Å². The normalized spacial score (nSPS) is 14.7. The van der Waals surface area contributed by atoms with Crippen molar-refractivity contribution >= 4 is 53.4 Å². The summed E-state index contributed by atoms with van der Waals surface area (Å²) in [4.78, 5) is 21.4. The Morgan fingerprint density at radius 2 is 2.08 bits per heavy atom. The van der Waals surface area contributed by atoms with E-state index in [1.165, 1.54) is 17.8 Å². The number of rotatable bonds is 5. The first-order valence-electron chi connectivity index (χ1n) is 8.14. The van der Waals surface area contributed by atoms with Crippen LogP contribution in [-0.4, -0.2) is 42.5 Å². The van der Waals surface area contributed by atoms with Gasteiger partial charge in [-0.2, -0.15) is 0 Å². The summed E-state index contributed by atoms with van der Waals surface area (Å²) in [5, 5.41) is 6.22. The first-order valence-corrected chi connectivity index (χ1v) is 9.84. The van der Waals surface area contributed by atoms with Crippen molar-refractivity contribution in [3.63, 3.8) is 0 Å². The second-order valence-electron chi connectivity index (χ2n) is 6.04. The molecule has 140 valence electrons. The minimum atomic E-state index is 0. The third-order valence-corrected chi connectivity index (χ3v) is 6.61. The van der Waals surface area contributed by atoms with Crippen LogP contribution in [0.2, 0.25) is 0 Å². The monoisotopic (exact) mass is 421 g/mol. The molecule has 4 nitrogen and oxygen atoms in total. The van der Waals surface area contributed by atoms with Crippen molar-refractivity contribution in [2.75, 3.05) is 26.7 Å². The molecule has 1 N–H and O–H groups in total. The predicted octanol–water partition coefficient (Wildman–Crippen LogP) is 4.49. The fourth-order valence-corrected chi connectivity index (χ4v) is 4.85. The Kier molecular flexibility index (Phi) is 9.38. The lowest BCUT2D eigenvalue weighted by Crippen LogP contribution is -2.38. The average Bonchev–Trinajstić information content (AvgIpc) is 3.22. The Hall–Kier alpha value is -0.660. The van der Waals surface area contributed by atoms with Crippen LogP contribution < -0.4 is 5.32 Å². The van der Waals surface area contributed by atoms with E-state index in [0.717, 1.165) is 58.8 Å². The van der Waals surface area contributed by atoms with Crippen LogP contribution in [-0.2, 0) is 0 Å². The van der Waals surface area contributed by atoms with Gasteiger partial charge in [0.25, 0.3) is 5.91 Å². The van der Waals surface area contributed by atoms with Crippen molar-refractivity contribution in [3.05, 3.63) is 28.1 Å². The molecule has 0 radical (unpaired) electrons. The lowest BCUT2D eigenvalue weighted by Gasteiger charge is -2.31. The van der Waals surface area contributed by atoms with Crippen LogP contribution in [0.25, 0.3) is 9.88 Å². The summed E-state index contributed by atoms with van der Waals surface area (Å²) in [6.07, 6.45) is 3.44. The number of amides is 1. The van der Waals surface area contributed by atoms with Crippen molar-refractivity contribution in [1.82, 2.24) is 15.2 Å². The minimum Gasteiger partial charge on any atom is -0.338 e. The van der Waals surface area contributed by atoms with E-state index in [1.807, 2.05) is 30.3 Å². The second-order valence-corrected chi connectivity index (χ2v) is 7.99. The van der Waals surface area contributed by atoms with E-state index < -0.39 is 0 Å². The van der Waals surface area contributed by atoms with Crippen LogP contribution in [0.5, 0.6) is 0 Å². The van der Waals surface area contributed by atoms with Gasteiger partial charge in [0.2, 0.25) is 0 Å². The van der Waals surface area contributed by atoms with Crippen molar-refractivity contribution in [2.24, 2.45) is 5.92 Å². The predicted molar refractivity (Wildman–Crippen MR) is 112 cm³/mol. The van der Waals surface area contributed by atoms with E-state index in [2.05, 4.69) is 16.4 Å². The van der Waals surface area contributed by atoms with Gasteiger partial charge >= 0.3 is 0 Å². The lowest BCUT2D eigenvalue weighted by molar-refractivity contribution is 0.0691. The number of hydrogen-bond acceptors (Lipinski definition) is 5. The Morgan fingerprint density at radius 1 is 1.36 bits per heavy atom. The zero-order valence-corrected chi connectivity index (χ0v) is 17.8. The van der Waals surface area contributed by atoms with Gasteiger partial charge in [-0.05, 0) is 57.1 Å². The van der Waals surface area contributed by atoms with Crippen LogP contribution in [0.4, 0.5) is 0 Å². The molecule has 0 atom stereocenters. The van der Waals surface area contributed by atoms with Gasteiger partial charge in [-0.15, -0.1) is 47.5 Å². The van der Waals surface area contributed by atoms with Crippen molar-refractivity contribution in [3.8, 4) is 9.88 Å². The van der Waals surface area contributed by atoms with E-state index in [0.29, 0.717) is 0 Å². The van der Waals surface area contributed by atoms with Gasteiger partial charge in [0.15, 0.2) is 0 Å². The molecule has 0 unspecified atom stereocenters. The number of likely N-dealkylation sites (tertiary alicyclic amines) is 1. The number of carbonyl (C=O) groups excluding carboxylic acids is 1. The van der Waals surface area contributed by atoms with E-state index >= 15 is 0 Å². The van der Waals surface area contributed by atoms with Crippen molar-refractivity contribution in [2.45, 2.75) is 26.2 Å². The number of aromatic nitrogens is 1. The van der Waals surface area contributed by atoms with Gasteiger partial charge in [-0.25, -0.2) is 4.98 Å². The summed E-state index contributed by atoms with van der Waals surface area (Å²) in [7, 11) is 2.00. The van der Waals surface area contributed by atoms with E-state index in [1.54, 1.807) is 11.3 Å². The summed E-state index contributed by atoms with van der Waals surface area (Å²) in [5.41, 5.74) is 0.862. The van der Waals surface area contributed by atoms with Gasteiger partial charge in [-0.1, -0.05) is 6.07 Å². The first-order chi connectivity index (χ1) is 11.2. The molecule has 3 rings (SSSR count). The summed E-state index contributed by atoms with van der Waals surface area (Å²) in [6, 6.07) is 4.08. The van der Waals surface area contributed by atoms with Crippen molar-refractivity contribution < 1.29 is 4.79 Å². The van der Waals surface area contributed by atoms with Gasteiger partial charge in [0, 0.05) is 13.1 Å². The second kappa shape index (κ2) is 10.5. The fraction of sp³-hybridized carbons (Fsp3) is 0.529. The van der Waals surface area contributed by atoms with Gasteiger partial charge in [0.1, 0.15) is 9.88 Å². The molecule has 1 amide bonds. The number of nitrogens with one attached hydrogen (secondary N) is 1. The molecular formula is C17H25Cl2N3OS2. The Morgan fingerprint density at radius 3 is 2.68 bits per heavy atom. The summed E-state index contributed by atoms with van der Waals surface area (Å²) in [6.45, 7) is 4.76. The standard InChI is InChI=1S/C17H23N3OS2.2ClH/c1-12-15(23-16(19-12)14-4-3-11-22-14)17(21)20-9-6-13(7-10-20)5-8-18-2;;/h3-4,11,13,18H,5-10H2,1-2H3;2*1H. The Bertz CT molecular complexity index is 653. The number of thiazole rings is 1. The topological polar surface area (TPSA) is 45.2 Å². The summed E-state index contributed by atoms with van der Waals surface area (Å²) < 4.78 is 0. The summed E-state index contributed by atoms with van der Waals surface area (Å²) >= 11 is 3.20. The molecule has 2 aromatic heterocycles. The highest BCUT2D eigenvalue weighted by atomic mass is 35.5. The Balaban J connectivity index is 0.00000156. The number of nitrogens with zero attached hydrogens (tertiary/aromatic N) is 2. The minimum absolute atomic E-state index is 0. The zero-order chi connectivity index (χ0) is 16.2. The quantitative estimate of drug-likeness (QED) is 0.773. The number of carbonyl (C=O) groups is 1. The van der Waals surface area contributed by atoms with E-state index in [-0.39, 0.29) is 30.7 Å². The number of halogens is 2. The van der Waals surface area contributed by atoms with Crippen LogP contribution in [0, 0.1) is 12.8 Å². The van der Waals surface area contributed by atoms with Crippen LogP contribution in [0.1, 0.15) is 34.6 Å². The maximum absolute atomic E-state index is 12.8. The number of aryl methyl sites for hydroxylation is 1. The molecule has 0 bridgehead atoms. The molecule has 0 aromatic carbocycles. The highest BCUT2D eigenvalue weighted by Gasteiger charge is 2.26. The zero-order valence-electron chi connectivity index (χ0n) is 14.5. The van der Waals surface area contributed by atoms with Crippen LogP contribution >= 0.6 is 47.5 Å². The maximum Gasteiger partial charge on any atom is 0.265 e. The van der Waals surface area contributed by atoms with Gasteiger partial charge < -0.3 is 10.2 Å². The molecule has 0 saturated carbocycles. The third-order valence-electron chi connectivity index (χ3n) is 4.43. The number of thiophene rings is 1. The molecule has 0 aliphatic carbocycles. The molecule has 8 heteroatoms. The van der Waals surface area contributed by atoms with Gasteiger partial charge in [0.05, 0.1) is 10.6 Å². The lowest BCUT2D eigenvalue weighted by atomic mass is 9.93. The third kappa shape index (κ3) is 5.41. The molecule has 1 aliphatic heterocycles. The maximum atomic E-state index is 12.8. The molecule has 2 aromatic rings. The Labute approximate surface area is 169 Å². The first kappa shape index (κ1) is 22.4. The molecule has 1 saturated heterocycles. The van der Waals surface area contributed by atoms with Crippen molar-refractivity contribution in [1.29, 1.82) is 0 Å². The molecule has 3 heterocycles. The van der Waals surface area contributed by atoms with E-state index in [4.69, 9.17) is 0 Å². The largest absolute Gasteiger partial charge is 0.338 e.